The second-order valence-electron chi connectivity index (χ2n) is 4.05. The number of aliphatic hydroxyl groups is 1. The van der Waals surface area contributed by atoms with E-state index in [1.54, 1.807) is 39.1 Å². The van der Waals surface area contributed by atoms with E-state index < -0.39 is 5.60 Å². The maximum absolute atomic E-state index is 9.92. The van der Waals surface area contributed by atoms with Crippen LogP contribution in [0.3, 0.4) is 0 Å². The van der Waals surface area contributed by atoms with Gasteiger partial charge in [0.05, 0.1) is 11.3 Å². The molecule has 0 bridgehead atoms. The standard InChI is InChI=1S/C12H17N3O/c1-4-15-10-6-5-9(12(2,3)16)11(14)8(10)7-13/h4-7,13,16H,14H2,1-3H3/b13-7?,15-4-. The number of nitrogens with two attached hydrogens (primary N) is 1. The molecule has 4 nitrogen and oxygen atoms in total. The van der Waals surface area contributed by atoms with E-state index in [9.17, 15) is 5.11 Å². The Hall–Kier alpha value is -1.68. The van der Waals surface area contributed by atoms with Crippen LogP contribution in [0.4, 0.5) is 11.4 Å². The van der Waals surface area contributed by atoms with Crippen molar-refractivity contribution >= 4 is 23.8 Å². The van der Waals surface area contributed by atoms with E-state index >= 15 is 0 Å². The van der Waals surface area contributed by atoms with Gasteiger partial charge in [0.1, 0.15) is 0 Å². The van der Waals surface area contributed by atoms with Gasteiger partial charge in [0.25, 0.3) is 0 Å². The van der Waals surface area contributed by atoms with E-state index in [1.807, 2.05) is 0 Å². The monoisotopic (exact) mass is 219 g/mol. The number of nitrogens with one attached hydrogen (secondary N) is 1. The van der Waals surface area contributed by atoms with Crippen LogP contribution in [0.2, 0.25) is 0 Å². The summed E-state index contributed by atoms with van der Waals surface area (Å²) in [5.41, 5.74) is 7.11. The molecule has 0 saturated carbocycles. The van der Waals surface area contributed by atoms with Gasteiger partial charge in [-0.25, -0.2) is 0 Å². The van der Waals surface area contributed by atoms with Crippen LogP contribution in [0.15, 0.2) is 17.1 Å². The number of hydrogen-bond donors (Lipinski definition) is 3. The van der Waals surface area contributed by atoms with Crippen LogP contribution in [0.1, 0.15) is 31.9 Å². The third-order valence-electron chi connectivity index (χ3n) is 2.34. The summed E-state index contributed by atoms with van der Waals surface area (Å²) >= 11 is 0. The number of anilines is 1. The molecule has 0 aliphatic carbocycles. The van der Waals surface area contributed by atoms with Crippen LogP contribution in [-0.2, 0) is 5.60 Å². The molecule has 0 radical (unpaired) electrons. The second-order valence-corrected chi connectivity index (χ2v) is 4.05. The Bertz CT molecular complexity index is 431. The minimum Gasteiger partial charge on any atom is -0.398 e. The molecule has 0 spiro atoms. The van der Waals surface area contributed by atoms with Crippen LogP contribution in [0.5, 0.6) is 0 Å². The average Bonchev–Trinajstić information content (AvgIpc) is 2.16. The Morgan fingerprint density at radius 1 is 1.44 bits per heavy atom. The molecule has 4 heteroatoms. The lowest BCUT2D eigenvalue weighted by molar-refractivity contribution is 0.0794. The summed E-state index contributed by atoms with van der Waals surface area (Å²) in [4.78, 5) is 4.12. The zero-order valence-electron chi connectivity index (χ0n) is 9.78. The number of aliphatic imine (C=N–C) groups is 1. The van der Waals surface area contributed by atoms with Crippen molar-refractivity contribution < 1.29 is 5.11 Å². The van der Waals surface area contributed by atoms with Crippen molar-refractivity contribution in [3.05, 3.63) is 23.3 Å². The quantitative estimate of drug-likeness (QED) is 0.538. The molecule has 0 unspecified atom stereocenters. The van der Waals surface area contributed by atoms with Gasteiger partial charge >= 0.3 is 0 Å². The molecule has 16 heavy (non-hydrogen) atoms. The number of hydrogen-bond acceptors (Lipinski definition) is 4. The molecule has 1 rings (SSSR count). The molecule has 4 N–H and O–H groups in total. The Morgan fingerprint density at radius 3 is 2.50 bits per heavy atom. The van der Waals surface area contributed by atoms with Gasteiger partial charge < -0.3 is 16.2 Å². The Labute approximate surface area is 95.3 Å². The first kappa shape index (κ1) is 12.4. The highest BCUT2D eigenvalue weighted by molar-refractivity contribution is 5.93. The third kappa shape index (κ3) is 2.28. The molecule has 0 fully saturated rings. The van der Waals surface area contributed by atoms with Gasteiger partial charge in [0.2, 0.25) is 0 Å². The summed E-state index contributed by atoms with van der Waals surface area (Å²) in [6.07, 6.45) is 2.80. The van der Waals surface area contributed by atoms with Gasteiger partial charge in [-0.05, 0) is 26.8 Å². The van der Waals surface area contributed by atoms with Crippen LogP contribution < -0.4 is 5.73 Å². The van der Waals surface area contributed by atoms with Crippen LogP contribution in [0.25, 0.3) is 0 Å². The van der Waals surface area contributed by atoms with Crippen molar-refractivity contribution in [2.24, 2.45) is 4.99 Å². The lowest BCUT2D eigenvalue weighted by Crippen LogP contribution is -2.18. The zero-order chi connectivity index (χ0) is 12.3. The highest BCUT2D eigenvalue weighted by Gasteiger charge is 2.21. The summed E-state index contributed by atoms with van der Waals surface area (Å²) in [6.45, 7) is 5.12. The summed E-state index contributed by atoms with van der Waals surface area (Å²) in [6, 6.07) is 3.49. The predicted octanol–water partition coefficient (Wildman–Crippen LogP) is 2.22. The molecular weight excluding hydrogens is 202 g/mol. The first-order valence-corrected chi connectivity index (χ1v) is 5.06. The zero-order valence-corrected chi connectivity index (χ0v) is 9.78. The molecule has 0 aliphatic rings. The second kappa shape index (κ2) is 4.45. The average molecular weight is 219 g/mol. The normalized spacial score (nSPS) is 12.0. The van der Waals surface area contributed by atoms with Crippen molar-refractivity contribution in [2.45, 2.75) is 26.4 Å². The maximum Gasteiger partial charge on any atom is 0.0860 e. The van der Waals surface area contributed by atoms with E-state index in [-0.39, 0.29) is 0 Å². The fourth-order valence-corrected chi connectivity index (χ4v) is 1.56. The summed E-state index contributed by atoms with van der Waals surface area (Å²) < 4.78 is 0. The first-order chi connectivity index (χ1) is 7.41. The summed E-state index contributed by atoms with van der Waals surface area (Å²) in [7, 11) is 0. The lowest BCUT2D eigenvalue weighted by Gasteiger charge is -2.21. The molecule has 0 amide bonds. The molecule has 0 atom stereocenters. The van der Waals surface area contributed by atoms with E-state index in [2.05, 4.69) is 4.99 Å². The lowest BCUT2D eigenvalue weighted by atomic mass is 9.93. The van der Waals surface area contributed by atoms with Gasteiger partial charge in [-0.15, -0.1) is 0 Å². The SMILES string of the molecule is C/C=N\c1ccc(C(C)(C)O)c(N)c1C=N. The Morgan fingerprint density at radius 2 is 2.06 bits per heavy atom. The van der Waals surface area contributed by atoms with Gasteiger partial charge in [-0.3, -0.25) is 4.99 Å². The van der Waals surface area contributed by atoms with E-state index in [4.69, 9.17) is 11.1 Å². The fraction of sp³-hybridized carbons (Fsp3) is 0.333. The van der Waals surface area contributed by atoms with Crippen molar-refractivity contribution in [1.82, 2.24) is 0 Å². The first-order valence-electron chi connectivity index (χ1n) is 5.06. The minimum absolute atomic E-state index is 0.408. The Balaban J connectivity index is 3.46. The van der Waals surface area contributed by atoms with Crippen molar-refractivity contribution in [2.75, 3.05) is 5.73 Å². The van der Waals surface area contributed by atoms with Crippen molar-refractivity contribution in [1.29, 1.82) is 5.41 Å². The predicted molar refractivity (Wildman–Crippen MR) is 67.8 cm³/mol. The molecule has 0 heterocycles. The number of nitrogen functional groups attached to an aromatic ring is 1. The third-order valence-corrected chi connectivity index (χ3v) is 2.34. The van der Waals surface area contributed by atoms with E-state index in [0.717, 1.165) is 6.21 Å². The molecule has 86 valence electrons. The maximum atomic E-state index is 9.92. The molecule has 0 saturated heterocycles. The van der Waals surface area contributed by atoms with Crippen molar-refractivity contribution in [3.63, 3.8) is 0 Å². The highest BCUT2D eigenvalue weighted by Crippen LogP contribution is 2.32. The molecule has 1 aromatic rings. The van der Waals surface area contributed by atoms with Gasteiger partial charge in [-0.1, -0.05) is 6.07 Å². The van der Waals surface area contributed by atoms with Crippen LogP contribution >= 0.6 is 0 Å². The summed E-state index contributed by atoms with van der Waals surface area (Å²) in [5, 5.41) is 17.3. The summed E-state index contributed by atoms with van der Waals surface area (Å²) in [5.74, 6) is 0. The minimum atomic E-state index is -1.02. The number of nitrogens with zero attached hydrogens (tertiary/aromatic N) is 1. The van der Waals surface area contributed by atoms with Gasteiger partial charge in [0, 0.05) is 29.2 Å². The highest BCUT2D eigenvalue weighted by atomic mass is 16.3. The molecule has 1 aromatic carbocycles. The topological polar surface area (TPSA) is 82.5 Å². The van der Waals surface area contributed by atoms with E-state index in [0.29, 0.717) is 22.5 Å². The van der Waals surface area contributed by atoms with Gasteiger partial charge in [0.15, 0.2) is 0 Å². The van der Waals surface area contributed by atoms with E-state index in [1.165, 1.54) is 0 Å². The number of benzene rings is 1. The largest absolute Gasteiger partial charge is 0.398 e. The molecule has 0 aromatic heterocycles. The Kier molecular flexibility index (Phi) is 3.44. The molecule has 0 aliphatic heterocycles. The van der Waals surface area contributed by atoms with Crippen LogP contribution in [0, 0.1) is 5.41 Å². The number of rotatable bonds is 3. The molecular formula is C12H17N3O. The van der Waals surface area contributed by atoms with Gasteiger partial charge in [-0.2, -0.15) is 0 Å². The fourth-order valence-electron chi connectivity index (χ4n) is 1.56. The smallest absolute Gasteiger partial charge is 0.0860 e. The van der Waals surface area contributed by atoms with Crippen LogP contribution in [-0.4, -0.2) is 17.5 Å². The van der Waals surface area contributed by atoms with Crippen molar-refractivity contribution in [3.8, 4) is 0 Å².